The zero-order valence-electron chi connectivity index (χ0n) is 14.4. The maximum absolute atomic E-state index is 12.7. The van der Waals surface area contributed by atoms with Gasteiger partial charge in [-0.2, -0.15) is 0 Å². The van der Waals surface area contributed by atoms with Gasteiger partial charge in [-0.1, -0.05) is 0 Å². The van der Waals surface area contributed by atoms with Gasteiger partial charge in [-0.05, 0) is 31.0 Å². The highest BCUT2D eigenvalue weighted by Gasteiger charge is 2.27. The minimum absolute atomic E-state index is 0.0350. The van der Waals surface area contributed by atoms with E-state index in [2.05, 4.69) is 20.2 Å². The van der Waals surface area contributed by atoms with E-state index in [4.69, 9.17) is 9.47 Å². The highest BCUT2D eigenvalue weighted by atomic mass is 16.5. The first kappa shape index (κ1) is 17.0. The topological polar surface area (TPSA) is 76.6 Å². The van der Waals surface area contributed by atoms with E-state index in [1.165, 1.54) is 0 Å². The fraction of sp³-hybridized carbons (Fsp3) is 0.389. The molecular formula is C18H22N4O3. The number of rotatable bonds is 5. The van der Waals surface area contributed by atoms with Crippen molar-refractivity contribution in [3.8, 4) is 11.5 Å². The summed E-state index contributed by atoms with van der Waals surface area (Å²) in [7, 11) is 3.17. The number of benzene rings is 1. The molecule has 1 aliphatic rings. The van der Waals surface area contributed by atoms with Gasteiger partial charge in [-0.3, -0.25) is 4.79 Å². The van der Waals surface area contributed by atoms with Crippen LogP contribution in [0.25, 0.3) is 0 Å². The Morgan fingerprint density at radius 1 is 1.24 bits per heavy atom. The summed E-state index contributed by atoms with van der Waals surface area (Å²) in [6.07, 6.45) is 5.19. The van der Waals surface area contributed by atoms with Crippen molar-refractivity contribution < 1.29 is 14.3 Å². The Bertz CT molecular complexity index is 724. The smallest absolute Gasteiger partial charge is 0.229 e. The molecular weight excluding hydrogens is 320 g/mol. The second-order valence-corrected chi connectivity index (χ2v) is 5.89. The highest BCUT2D eigenvalue weighted by molar-refractivity contribution is 5.94. The van der Waals surface area contributed by atoms with Crippen LogP contribution < -0.4 is 19.7 Å². The largest absolute Gasteiger partial charge is 0.497 e. The molecule has 1 fully saturated rings. The third-order valence-corrected chi connectivity index (χ3v) is 4.29. The van der Waals surface area contributed by atoms with Gasteiger partial charge >= 0.3 is 0 Å². The normalized spacial score (nSPS) is 17.0. The minimum atomic E-state index is -0.131. The molecule has 0 radical (unpaired) electrons. The van der Waals surface area contributed by atoms with Crippen molar-refractivity contribution in [3.05, 3.63) is 36.7 Å². The van der Waals surface area contributed by atoms with Crippen molar-refractivity contribution in [2.75, 3.05) is 37.5 Å². The van der Waals surface area contributed by atoms with Crippen molar-refractivity contribution in [2.24, 2.45) is 5.92 Å². The Morgan fingerprint density at radius 2 is 2.04 bits per heavy atom. The van der Waals surface area contributed by atoms with Crippen molar-refractivity contribution in [2.45, 2.75) is 12.8 Å². The number of piperidine rings is 1. The number of anilines is 2. The van der Waals surface area contributed by atoms with Crippen LogP contribution in [-0.2, 0) is 4.79 Å². The maximum atomic E-state index is 12.7. The van der Waals surface area contributed by atoms with Crippen molar-refractivity contribution >= 4 is 17.5 Å². The SMILES string of the molecule is COc1ccc(OC)c(NC(=O)[C@H]2CCCN(c3ncccn3)C2)c1. The molecule has 0 aliphatic carbocycles. The van der Waals surface area contributed by atoms with Crippen LogP contribution in [0, 0.1) is 5.92 Å². The summed E-state index contributed by atoms with van der Waals surface area (Å²) in [5, 5.41) is 2.97. The van der Waals surface area contributed by atoms with E-state index in [0.29, 0.717) is 29.7 Å². The molecule has 1 aromatic heterocycles. The number of hydrogen-bond donors (Lipinski definition) is 1. The summed E-state index contributed by atoms with van der Waals surface area (Å²) >= 11 is 0. The van der Waals surface area contributed by atoms with E-state index in [0.717, 1.165) is 19.4 Å². The van der Waals surface area contributed by atoms with Crippen LogP contribution in [0.5, 0.6) is 11.5 Å². The highest BCUT2D eigenvalue weighted by Crippen LogP contribution is 2.30. The second kappa shape index (κ2) is 7.83. The van der Waals surface area contributed by atoms with Crippen LogP contribution in [0.15, 0.2) is 36.7 Å². The molecule has 1 saturated heterocycles. The van der Waals surface area contributed by atoms with Gasteiger partial charge in [0, 0.05) is 31.5 Å². The molecule has 0 unspecified atom stereocenters. The average Bonchev–Trinajstić information content (AvgIpc) is 2.68. The minimum Gasteiger partial charge on any atom is -0.497 e. The van der Waals surface area contributed by atoms with Crippen molar-refractivity contribution in [1.29, 1.82) is 0 Å². The molecule has 0 saturated carbocycles. The molecule has 132 valence electrons. The summed E-state index contributed by atoms with van der Waals surface area (Å²) in [5.41, 5.74) is 0.611. The Morgan fingerprint density at radius 3 is 2.76 bits per heavy atom. The number of hydrogen-bond acceptors (Lipinski definition) is 6. The fourth-order valence-corrected chi connectivity index (χ4v) is 2.97. The maximum Gasteiger partial charge on any atom is 0.229 e. The number of nitrogens with one attached hydrogen (secondary N) is 1. The van der Waals surface area contributed by atoms with E-state index >= 15 is 0 Å². The van der Waals surface area contributed by atoms with E-state index in [-0.39, 0.29) is 11.8 Å². The molecule has 7 heteroatoms. The Hall–Kier alpha value is -2.83. The van der Waals surface area contributed by atoms with E-state index < -0.39 is 0 Å². The molecule has 2 heterocycles. The molecule has 1 N–H and O–H groups in total. The Kier molecular flexibility index (Phi) is 5.33. The predicted octanol–water partition coefficient (Wildman–Crippen LogP) is 2.35. The van der Waals surface area contributed by atoms with Crippen LogP contribution in [-0.4, -0.2) is 43.2 Å². The second-order valence-electron chi connectivity index (χ2n) is 5.89. The summed E-state index contributed by atoms with van der Waals surface area (Å²) in [6.45, 7) is 1.46. The number of nitrogens with zero attached hydrogens (tertiary/aromatic N) is 3. The Labute approximate surface area is 147 Å². The van der Waals surface area contributed by atoms with Gasteiger partial charge < -0.3 is 19.7 Å². The van der Waals surface area contributed by atoms with Gasteiger partial charge in [0.05, 0.1) is 25.8 Å². The zero-order chi connectivity index (χ0) is 17.6. The van der Waals surface area contributed by atoms with Crippen LogP contribution >= 0.6 is 0 Å². The fourth-order valence-electron chi connectivity index (χ4n) is 2.97. The molecule has 1 aromatic carbocycles. The molecule has 0 bridgehead atoms. The summed E-state index contributed by atoms with van der Waals surface area (Å²) in [6, 6.07) is 7.12. The van der Waals surface area contributed by atoms with Gasteiger partial charge in [0.15, 0.2) is 0 Å². The lowest BCUT2D eigenvalue weighted by atomic mass is 9.97. The van der Waals surface area contributed by atoms with Crippen molar-refractivity contribution in [1.82, 2.24) is 9.97 Å². The van der Waals surface area contributed by atoms with Crippen LogP contribution in [0.4, 0.5) is 11.6 Å². The molecule has 1 atom stereocenters. The third-order valence-electron chi connectivity index (χ3n) is 4.29. The molecule has 1 aliphatic heterocycles. The van der Waals surface area contributed by atoms with Gasteiger partial charge in [0.1, 0.15) is 11.5 Å². The molecule has 3 rings (SSSR count). The number of carbonyl (C=O) groups excluding carboxylic acids is 1. The van der Waals surface area contributed by atoms with Gasteiger partial charge in [0.25, 0.3) is 0 Å². The number of ether oxygens (including phenoxy) is 2. The Balaban J connectivity index is 1.71. The quantitative estimate of drug-likeness (QED) is 0.899. The van der Waals surface area contributed by atoms with Gasteiger partial charge in [-0.25, -0.2) is 9.97 Å². The average molecular weight is 342 g/mol. The first-order valence-corrected chi connectivity index (χ1v) is 8.26. The summed E-state index contributed by atoms with van der Waals surface area (Å²) in [4.78, 5) is 23.3. The van der Waals surface area contributed by atoms with Gasteiger partial charge in [-0.15, -0.1) is 0 Å². The molecule has 25 heavy (non-hydrogen) atoms. The zero-order valence-corrected chi connectivity index (χ0v) is 14.4. The number of methoxy groups -OCH3 is 2. The molecule has 0 spiro atoms. The molecule has 2 aromatic rings. The van der Waals surface area contributed by atoms with Gasteiger partial charge in [0.2, 0.25) is 11.9 Å². The monoisotopic (exact) mass is 342 g/mol. The first-order valence-electron chi connectivity index (χ1n) is 8.26. The van der Waals surface area contributed by atoms with Crippen molar-refractivity contribution in [3.63, 3.8) is 0 Å². The number of amides is 1. The number of carbonyl (C=O) groups is 1. The molecule has 7 nitrogen and oxygen atoms in total. The summed E-state index contributed by atoms with van der Waals surface area (Å²) < 4.78 is 10.5. The first-order chi connectivity index (χ1) is 12.2. The lowest BCUT2D eigenvalue weighted by Crippen LogP contribution is -2.41. The number of aromatic nitrogens is 2. The van der Waals surface area contributed by atoms with E-state index in [1.54, 1.807) is 50.9 Å². The third kappa shape index (κ3) is 3.99. The van der Waals surface area contributed by atoms with E-state index in [9.17, 15) is 4.79 Å². The molecule has 1 amide bonds. The van der Waals surface area contributed by atoms with Crippen LogP contribution in [0.1, 0.15) is 12.8 Å². The standard InChI is InChI=1S/C18H22N4O3/c1-24-14-6-7-16(25-2)15(11-14)21-17(23)13-5-3-10-22(12-13)18-19-8-4-9-20-18/h4,6-9,11,13H,3,5,10,12H2,1-2H3,(H,21,23)/t13-/m0/s1. The lowest BCUT2D eigenvalue weighted by Gasteiger charge is -2.32. The van der Waals surface area contributed by atoms with Crippen LogP contribution in [0.3, 0.4) is 0 Å². The lowest BCUT2D eigenvalue weighted by molar-refractivity contribution is -0.120. The summed E-state index contributed by atoms with van der Waals surface area (Å²) in [5.74, 6) is 1.77. The predicted molar refractivity (Wildman–Crippen MR) is 95.1 cm³/mol. The van der Waals surface area contributed by atoms with E-state index in [1.807, 2.05) is 0 Å². The van der Waals surface area contributed by atoms with Crippen LogP contribution in [0.2, 0.25) is 0 Å².